The molecule has 0 bridgehead atoms. The third-order valence-corrected chi connectivity index (χ3v) is 4.80. The molecule has 160 valence electrons. The molecular formula is C20H34IN3O4. The lowest BCUT2D eigenvalue weighted by atomic mass is 9.84. The van der Waals surface area contributed by atoms with Gasteiger partial charge in [-0.1, -0.05) is 12.1 Å². The van der Waals surface area contributed by atoms with Crippen LogP contribution in [-0.4, -0.2) is 64.8 Å². The van der Waals surface area contributed by atoms with Crippen LogP contribution in [0.3, 0.4) is 0 Å². The Morgan fingerprint density at radius 3 is 2.86 bits per heavy atom. The van der Waals surface area contributed by atoms with Gasteiger partial charge in [0.15, 0.2) is 5.96 Å². The lowest BCUT2D eigenvalue weighted by molar-refractivity contribution is 0.127. The van der Waals surface area contributed by atoms with Gasteiger partial charge in [-0.05, 0) is 30.5 Å². The van der Waals surface area contributed by atoms with Gasteiger partial charge in [0.2, 0.25) is 0 Å². The summed E-state index contributed by atoms with van der Waals surface area (Å²) in [7, 11) is 3.45. The Balaban J connectivity index is 0.00000392. The highest BCUT2D eigenvalue weighted by atomic mass is 127. The molecule has 1 unspecified atom stereocenters. The topological polar surface area (TPSA) is 84.3 Å². The highest BCUT2D eigenvalue weighted by molar-refractivity contribution is 14.0. The number of aliphatic hydroxyl groups excluding tert-OH is 1. The molecule has 1 aromatic carbocycles. The summed E-state index contributed by atoms with van der Waals surface area (Å²) < 4.78 is 16.3. The predicted octanol–water partition coefficient (Wildman–Crippen LogP) is 2.17. The number of ether oxygens (including phenoxy) is 3. The number of aliphatic imine (C=N–C) groups is 1. The number of guanidine groups is 1. The van der Waals surface area contributed by atoms with Gasteiger partial charge in [0.05, 0.1) is 13.2 Å². The van der Waals surface area contributed by atoms with E-state index in [4.69, 9.17) is 14.2 Å². The number of hydrogen-bond acceptors (Lipinski definition) is 5. The molecule has 1 fully saturated rings. The second-order valence-electron chi connectivity index (χ2n) is 6.90. The van der Waals surface area contributed by atoms with E-state index in [1.165, 1.54) is 0 Å². The smallest absolute Gasteiger partial charge is 0.191 e. The van der Waals surface area contributed by atoms with E-state index in [2.05, 4.69) is 21.7 Å². The minimum absolute atomic E-state index is 0. The maximum absolute atomic E-state index is 9.34. The summed E-state index contributed by atoms with van der Waals surface area (Å²) in [4.78, 5) is 4.29. The van der Waals surface area contributed by atoms with Crippen LogP contribution in [0.25, 0.3) is 0 Å². The Morgan fingerprint density at radius 2 is 2.18 bits per heavy atom. The number of halogens is 1. The van der Waals surface area contributed by atoms with Crippen molar-refractivity contribution in [2.75, 3.05) is 53.7 Å². The van der Waals surface area contributed by atoms with Crippen molar-refractivity contribution in [3.05, 3.63) is 29.8 Å². The molecule has 0 amide bonds. The van der Waals surface area contributed by atoms with Crippen LogP contribution in [0.1, 0.15) is 24.8 Å². The second kappa shape index (κ2) is 14.0. The molecule has 0 radical (unpaired) electrons. The summed E-state index contributed by atoms with van der Waals surface area (Å²) in [5, 5.41) is 16.0. The Kier molecular flexibility index (Phi) is 12.4. The van der Waals surface area contributed by atoms with Crippen molar-refractivity contribution in [2.45, 2.75) is 25.8 Å². The highest BCUT2D eigenvalue weighted by Gasteiger charge is 2.34. The van der Waals surface area contributed by atoms with Crippen molar-refractivity contribution in [1.82, 2.24) is 10.6 Å². The fraction of sp³-hybridized carbons (Fsp3) is 0.650. The highest BCUT2D eigenvalue weighted by Crippen LogP contribution is 2.31. The average Bonchev–Trinajstić information content (AvgIpc) is 3.15. The maximum atomic E-state index is 9.34. The summed E-state index contributed by atoms with van der Waals surface area (Å²) in [6.45, 7) is 4.34. The monoisotopic (exact) mass is 507 g/mol. The summed E-state index contributed by atoms with van der Waals surface area (Å²) in [6.07, 6.45) is 2.56. The minimum Gasteiger partial charge on any atom is -0.493 e. The quantitative estimate of drug-likeness (QED) is 0.184. The minimum atomic E-state index is -0.0116. The van der Waals surface area contributed by atoms with Crippen LogP contribution in [0.4, 0.5) is 0 Å². The molecule has 3 N–H and O–H groups in total. The number of methoxy groups -OCH3 is 1. The molecule has 1 saturated heterocycles. The van der Waals surface area contributed by atoms with Crippen molar-refractivity contribution >= 4 is 29.9 Å². The predicted molar refractivity (Wildman–Crippen MR) is 122 cm³/mol. The fourth-order valence-corrected chi connectivity index (χ4v) is 3.13. The van der Waals surface area contributed by atoms with Gasteiger partial charge in [-0.15, -0.1) is 24.0 Å². The van der Waals surface area contributed by atoms with E-state index in [0.29, 0.717) is 26.4 Å². The molecule has 2 rings (SSSR count). The standard InChI is InChI=1S/C20H33N3O4.HI/c1-21-19(23-15-20(7-9-24)8-12-26-16-20)22-14-17-5-3-6-18(13-17)27-11-4-10-25-2;/h3,5-6,13,24H,4,7-12,14-16H2,1-2H3,(H2,21,22,23);1H. The Bertz CT molecular complexity index is 580. The van der Waals surface area contributed by atoms with Crippen LogP contribution in [-0.2, 0) is 16.0 Å². The summed E-state index contributed by atoms with van der Waals surface area (Å²) in [5.74, 6) is 1.60. The van der Waals surface area contributed by atoms with Crippen LogP contribution in [0.5, 0.6) is 5.75 Å². The molecule has 7 nitrogen and oxygen atoms in total. The molecule has 0 aliphatic carbocycles. The van der Waals surface area contributed by atoms with E-state index in [0.717, 1.165) is 49.7 Å². The first-order valence-corrected chi connectivity index (χ1v) is 9.55. The van der Waals surface area contributed by atoms with Crippen molar-refractivity contribution < 1.29 is 19.3 Å². The van der Waals surface area contributed by atoms with Gasteiger partial charge >= 0.3 is 0 Å². The van der Waals surface area contributed by atoms with Gasteiger partial charge < -0.3 is 30.0 Å². The molecule has 8 heteroatoms. The van der Waals surface area contributed by atoms with E-state index in [9.17, 15) is 5.11 Å². The van der Waals surface area contributed by atoms with E-state index >= 15 is 0 Å². The molecule has 0 saturated carbocycles. The summed E-state index contributed by atoms with van der Waals surface area (Å²) >= 11 is 0. The molecule has 1 heterocycles. The molecule has 1 aliphatic heterocycles. The first-order valence-electron chi connectivity index (χ1n) is 9.55. The summed E-state index contributed by atoms with van der Waals surface area (Å²) in [6, 6.07) is 8.04. The second-order valence-corrected chi connectivity index (χ2v) is 6.90. The van der Waals surface area contributed by atoms with Crippen LogP contribution >= 0.6 is 24.0 Å². The van der Waals surface area contributed by atoms with Crippen LogP contribution in [0.15, 0.2) is 29.3 Å². The maximum Gasteiger partial charge on any atom is 0.191 e. The van der Waals surface area contributed by atoms with E-state index in [-0.39, 0.29) is 36.0 Å². The third kappa shape index (κ3) is 8.50. The summed E-state index contributed by atoms with van der Waals surface area (Å²) in [5.41, 5.74) is 1.11. The van der Waals surface area contributed by atoms with Crippen LogP contribution in [0.2, 0.25) is 0 Å². The molecule has 0 aromatic heterocycles. The van der Waals surface area contributed by atoms with Crippen molar-refractivity contribution in [3.63, 3.8) is 0 Å². The van der Waals surface area contributed by atoms with Gasteiger partial charge in [0.1, 0.15) is 5.75 Å². The van der Waals surface area contributed by atoms with Gasteiger partial charge in [-0.2, -0.15) is 0 Å². The lowest BCUT2D eigenvalue weighted by Gasteiger charge is -2.27. The fourth-order valence-electron chi connectivity index (χ4n) is 3.13. The van der Waals surface area contributed by atoms with E-state index in [1.807, 2.05) is 18.2 Å². The molecule has 1 aromatic rings. The number of nitrogens with one attached hydrogen (secondary N) is 2. The average molecular weight is 507 g/mol. The van der Waals surface area contributed by atoms with Crippen LogP contribution in [0, 0.1) is 5.41 Å². The van der Waals surface area contributed by atoms with Gasteiger partial charge in [-0.25, -0.2) is 0 Å². The number of rotatable bonds is 11. The zero-order chi connectivity index (χ0) is 19.4. The number of benzene rings is 1. The number of aliphatic hydroxyl groups is 1. The van der Waals surface area contributed by atoms with E-state index in [1.54, 1.807) is 14.2 Å². The van der Waals surface area contributed by atoms with Crippen molar-refractivity contribution in [1.29, 1.82) is 0 Å². The van der Waals surface area contributed by atoms with Gasteiger partial charge in [0.25, 0.3) is 0 Å². The Morgan fingerprint density at radius 1 is 1.32 bits per heavy atom. The Labute approximate surface area is 185 Å². The van der Waals surface area contributed by atoms with Gasteiger partial charge in [-0.3, -0.25) is 4.99 Å². The van der Waals surface area contributed by atoms with Gasteiger partial charge in [0, 0.05) is 58.9 Å². The van der Waals surface area contributed by atoms with Crippen molar-refractivity contribution in [2.24, 2.45) is 10.4 Å². The molecule has 1 atom stereocenters. The normalized spacial score (nSPS) is 19.2. The first kappa shape index (κ1) is 24.9. The SMILES string of the molecule is CN=C(NCc1cccc(OCCCOC)c1)NCC1(CCO)CCOC1.I. The molecule has 0 spiro atoms. The molecule has 1 aliphatic rings. The zero-order valence-electron chi connectivity index (χ0n) is 16.9. The first-order chi connectivity index (χ1) is 13.2. The van der Waals surface area contributed by atoms with Crippen LogP contribution < -0.4 is 15.4 Å². The Hall–Kier alpha value is -1.10. The number of hydrogen-bond donors (Lipinski definition) is 3. The zero-order valence-corrected chi connectivity index (χ0v) is 19.2. The number of nitrogens with zero attached hydrogens (tertiary/aromatic N) is 1. The van der Waals surface area contributed by atoms with Crippen molar-refractivity contribution in [3.8, 4) is 5.75 Å². The lowest BCUT2D eigenvalue weighted by Crippen LogP contribution is -2.44. The van der Waals surface area contributed by atoms with E-state index < -0.39 is 0 Å². The largest absolute Gasteiger partial charge is 0.493 e. The molecular weight excluding hydrogens is 473 g/mol. The third-order valence-electron chi connectivity index (χ3n) is 4.80. The molecule has 28 heavy (non-hydrogen) atoms.